The maximum absolute atomic E-state index is 14.6. The summed E-state index contributed by atoms with van der Waals surface area (Å²) in [6, 6.07) is 14.8. The lowest BCUT2D eigenvalue weighted by Crippen LogP contribution is -2.31. The molecule has 0 radical (unpaired) electrons. The second kappa shape index (κ2) is 9.58. The van der Waals surface area contributed by atoms with Crippen molar-refractivity contribution in [2.75, 3.05) is 13.1 Å². The number of aromatic amines is 1. The van der Waals surface area contributed by atoms with Crippen LogP contribution in [-0.2, 0) is 5.67 Å². The molecule has 5 heteroatoms. The molecular weight excluding hydrogens is 447 g/mol. The fourth-order valence-corrected chi connectivity index (χ4v) is 5.55. The van der Waals surface area contributed by atoms with Crippen molar-refractivity contribution in [3.05, 3.63) is 82.7 Å². The first-order valence-electron chi connectivity index (χ1n) is 13.1. The first-order valence-corrected chi connectivity index (χ1v) is 13.1. The number of imidazole rings is 1. The lowest BCUT2D eigenvalue weighted by atomic mass is 9.77. The normalized spacial score (nSPS) is 17.0. The monoisotopic (exact) mass is 482 g/mol. The van der Waals surface area contributed by atoms with Crippen LogP contribution < -0.4 is 0 Å². The molecule has 2 aliphatic rings. The van der Waals surface area contributed by atoms with Gasteiger partial charge in [0.15, 0.2) is 0 Å². The molecule has 2 aromatic carbocycles. The molecular formula is C31H35FN4. The van der Waals surface area contributed by atoms with Crippen molar-refractivity contribution in [1.29, 1.82) is 5.26 Å². The molecule has 1 aromatic heterocycles. The van der Waals surface area contributed by atoms with Gasteiger partial charge in [0.2, 0.25) is 0 Å². The van der Waals surface area contributed by atoms with Crippen LogP contribution in [0.3, 0.4) is 0 Å². The Bertz CT molecular complexity index is 1290. The number of rotatable bonds is 6. The molecule has 0 amide bonds. The number of likely N-dealkylation sites (tertiary alicyclic amines) is 1. The van der Waals surface area contributed by atoms with Crippen molar-refractivity contribution in [3.63, 3.8) is 0 Å². The highest BCUT2D eigenvalue weighted by molar-refractivity contribution is 5.74. The second-order valence-electron chi connectivity index (χ2n) is 10.9. The van der Waals surface area contributed by atoms with Crippen LogP contribution >= 0.6 is 0 Å². The van der Waals surface area contributed by atoms with E-state index in [1.165, 1.54) is 36.0 Å². The number of hydrogen-bond donors (Lipinski definition) is 1. The Kier molecular flexibility index (Phi) is 6.47. The van der Waals surface area contributed by atoms with Crippen LogP contribution in [0.1, 0.15) is 91.3 Å². The highest BCUT2D eigenvalue weighted by Crippen LogP contribution is 2.43. The third-order valence-corrected chi connectivity index (χ3v) is 8.11. The number of hydrogen-bond acceptors (Lipinski definition) is 3. The van der Waals surface area contributed by atoms with Gasteiger partial charge < -0.3 is 9.88 Å². The van der Waals surface area contributed by atoms with Gasteiger partial charge in [0.1, 0.15) is 11.5 Å². The Balaban J connectivity index is 1.39. The van der Waals surface area contributed by atoms with Crippen LogP contribution in [0, 0.1) is 18.3 Å². The highest BCUT2D eigenvalue weighted by atomic mass is 19.1. The topological polar surface area (TPSA) is 55.7 Å². The van der Waals surface area contributed by atoms with E-state index in [0.29, 0.717) is 23.1 Å². The van der Waals surface area contributed by atoms with Gasteiger partial charge in [0.25, 0.3) is 0 Å². The summed E-state index contributed by atoms with van der Waals surface area (Å²) >= 11 is 0. The van der Waals surface area contributed by atoms with Gasteiger partial charge in [-0.25, -0.2) is 9.37 Å². The standard InChI is InChI=1S/C31H35FN4/c1-20-16-27(25-6-5-7-25)28(30-34-19-29(35-30)31(3,4)32)17-26(20)21(2)36-14-12-24(13-15-36)23-10-8-22(18-33)9-11-23/h8-11,16-17,19,24-25H,2,5-7,12-15H2,1,3-4H3,(H,34,35). The molecule has 1 aliphatic carbocycles. The number of piperidine rings is 1. The largest absolute Gasteiger partial charge is 0.371 e. The van der Waals surface area contributed by atoms with Gasteiger partial charge in [-0.15, -0.1) is 0 Å². The van der Waals surface area contributed by atoms with Crippen molar-refractivity contribution < 1.29 is 4.39 Å². The van der Waals surface area contributed by atoms with Crippen molar-refractivity contribution >= 4 is 5.70 Å². The molecule has 2 fully saturated rings. The van der Waals surface area contributed by atoms with Gasteiger partial charge in [-0.2, -0.15) is 5.26 Å². The van der Waals surface area contributed by atoms with Crippen molar-refractivity contribution in [2.45, 2.75) is 70.4 Å². The predicted molar refractivity (Wildman–Crippen MR) is 143 cm³/mol. The molecule has 0 atom stereocenters. The van der Waals surface area contributed by atoms with E-state index in [1.54, 1.807) is 20.0 Å². The summed E-state index contributed by atoms with van der Waals surface area (Å²) in [5.74, 6) is 1.78. The Hall–Kier alpha value is -3.39. The van der Waals surface area contributed by atoms with E-state index in [2.05, 4.69) is 58.7 Å². The quantitative estimate of drug-likeness (QED) is 0.394. The molecule has 5 rings (SSSR count). The summed E-state index contributed by atoms with van der Waals surface area (Å²) in [5.41, 5.74) is 6.87. The molecule has 36 heavy (non-hydrogen) atoms. The Morgan fingerprint density at radius 3 is 2.36 bits per heavy atom. The molecule has 4 nitrogen and oxygen atoms in total. The van der Waals surface area contributed by atoms with Gasteiger partial charge >= 0.3 is 0 Å². The molecule has 3 aromatic rings. The summed E-state index contributed by atoms with van der Waals surface area (Å²) in [6.45, 7) is 11.7. The van der Waals surface area contributed by atoms with E-state index in [1.807, 2.05) is 12.1 Å². The molecule has 2 heterocycles. The summed E-state index contributed by atoms with van der Waals surface area (Å²) in [4.78, 5) is 10.3. The fourth-order valence-electron chi connectivity index (χ4n) is 5.55. The first-order chi connectivity index (χ1) is 17.2. The van der Waals surface area contributed by atoms with Gasteiger partial charge in [0, 0.05) is 29.9 Å². The third-order valence-electron chi connectivity index (χ3n) is 8.11. The highest BCUT2D eigenvalue weighted by Gasteiger charge is 2.28. The van der Waals surface area contributed by atoms with Crippen molar-refractivity contribution in [3.8, 4) is 17.5 Å². The summed E-state index contributed by atoms with van der Waals surface area (Å²) < 4.78 is 14.6. The zero-order valence-corrected chi connectivity index (χ0v) is 21.6. The van der Waals surface area contributed by atoms with E-state index in [0.717, 1.165) is 48.6 Å². The van der Waals surface area contributed by atoms with Gasteiger partial charge in [-0.1, -0.05) is 31.2 Å². The lowest BCUT2D eigenvalue weighted by molar-refractivity contribution is 0.215. The van der Waals surface area contributed by atoms with E-state index >= 15 is 0 Å². The molecule has 1 saturated heterocycles. The number of benzene rings is 2. The average molecular weight is 483 g/mol. The minimum Gasteiger partial charge on any atom is -0.371 e. The first kappa shape index (κ1) is 24.3. The van der Waals surface area contributed by atoms with E-state index in [4.69, 9.17) is 5.26 Å². The molecule has 0 unspecified atom stereocenters. The second-order valence-corrected chi connectivity index (χ2v) is 10.9. The van der Waals surface area contributed by atoms with E-state index in [9.17, 15) is 4.39 Å². The van der Waals surface area contributed by atoms with Crippen LogP contribution in [0.25, 0.3) is 17.1 Å². The maximum atomic E-state index is 14.6. The SMILES string of the molecule is C=C(c1cc(-c2ncc(C(C)(C)F)[nH]2)c(C2CCC2)cc1C)N1CCC(c2ccc(C#N)cc2)CC1. The fraction of sp³-hybridized carbons (Fsp3) is 0.419. The Morgan fingerprint density at radius 2 is 1.81 bits per heavy atom. The van der Waals surface area contributed by atoms with Gasteiger partial charge in [-0.05, 0) is 93.2 Å². The molecule has 186 valence electrons. The zero-order chi connectivity index (χ0) is 25.4. The maximum Gasteiger partial charge on any atom is 0.146 e. The Labute approximate surface area is 213 Å². The van der Waals surface area contributed by atoms with Crippen LogP contribution in [0.2, 0.25) is 0 Å². The average Bonchev–Trinajstić information content (AvgIpc) is 3.34. The number of nitrogens with zero attached hydrogens (tertiary/aromatic N) is 3. The molecule has 1 saturated carbocycles. The van der Waals surface area contributed by atoms with Crippen molar-refractivity contribution in [2.24, 2.45) is 0 Å². The zero-order valence-electron chi connectivity index (χ0n) is 21.6. The summed E-state index contributed by atoms with van der Waals surface area (Å²) in [6.07, 6.45) is 7.39. The van der Waals surface area contributed by atoms with Gasteiger partial charge in [0.05, 0.1) is 23.5 Å². The predicted octanol–water partition coefficient (Wildman–Crippen LogP) is 7.58. The number of alkyl halides is 1. The number of nitriles is 1. The number of halogens is 1. The molecule has 1 aliphatic heterocycles. The van der Waals surface area contributed by atoms with Crippen LogP contribution in [-0.4, -0.2) is 28.0 Å². The van der Waals surface area contributed by atoms with Crippen LogP contribution in [0.4, 0.5) is 4.39 Å². The minimum atomic E-state index is -1.46. The van der Waals surface area contributed by atoms with Crippen LogP contribution in [0.5, 0.6) is 0 Å². The summed E-state index contributed by atoms with van der Waals surface area (Å²) in [5, 5.41) is 9.07. The van der Waals surface area contributed by atoms with E-state index in [-0.39, 0.29) is 0 Å². The lowest BCUT2D eigenvalue weighted by Gasteiger charge is -2.36. The number of nitrogens with one attached hydrogen (secondary N) is 1. The van der Waals surface area contributed by atoms with Crippen LogP contribution in [0.15, 0.2) is 49.2 Å². The molecule has 0 spiro atoms. The number of aromatic nitrogens is 2. The number of H-pyrrole nitrogens is 1. The van der Waals surface area contributed by atoms with Crippen molar-refractivity contribution in [1.82, 2.24) is 14.9 Å². The summed E-state index contributed by atoms with van der Waals surface area (Å²) in [7, 11) is 0. The smallest absolute Gasteiger partial charge is 0.146 e. The third kappa shape index (κ3) is 4.69. The molecule has 1 N–H and O–H groups in total. The number of aryl methyl sites for hydroxylation is 1. The minimum absolute atomic E-state index is 0.503. The van der Waals surface area contributed by atoms with Gasteiger partial charge in [-0.3, -0.25) is 0 Å². The Morgan fingerprint density at radius 1 is 1.11 bits per heavy atom. The van der Waals surface area contributed by atoms with E-state index < -0.39 is 5.67 Å². The molecule has 0 bridgehead atoms.